The Balaban J connectivity index is 2.36. The van der Waals surface area contributed by atoms with E-state index < -0.39 is 6.64 Å². The Bertz CT molecular complexity index is 664. The van der Waals surface area contributed by atoms with E-state index in [2.05, 4.69) is 10.3 Å². The molecular formula is C13H20N3O4PS2. The Hall–Kier alpha value is -0.860. The molecule has 0 saturated heterocycles. The molecule has 0 atom stereocenters. The van der Waals surface area contributed by atoms with Crippen molar-refractivity contribution in [2.75, 3.05) is 13.2 Å². The number of rotatable bonds is 7. The second-order valence-corrected chi connectivity index (χ2v) is 9.37. The molecule has 1 aliphatic rings. The van der Waals surface area contributed by atoms with Gasteiger partial charge in [0.2, 0.25) is 0 Å². The lowest BCUT2D eigenvalue weighted by molar-refractivity contribution is -0.385. The van der Waals surface area contributed by atoms with Crippen molar-refractivity contribution in [2.24, 2.45) is 5.10 Å². The molecule has 0 unspecified atom stereocenters. The molecule has 1 N–H and O–H groups in total. The average molecular weight is 377 g/mol. The molecule has 0 amide bonds. The summed E-state index contributed by atoms with van der Waals surface area (Å²) in [4.78, 5) is 12.8. The molecule has 0 spiro atoms. The van der Waals surface area contributed by atoms with E-state index in [9.17, 15) is 10.1 Å². The number of fused-ring (bicyclic) bond motifs is 1. The number of nitrogens with zero attached hydrogens (tertiary/aromatic N) is 2. The molecule has 1 aromatic heterocycles. The second-order valence-electron chi connectivity index (χ2n) is 4.91. The number of nitrogens with one attached hydrogen (secondary N) is 1. The van der Waals surface area contributed by atoms with E-state index in [4.69, 9.17) is 20.9 Å². The first kappa shape index (κ1) is 18.5. The molecule has 0 radical (unpaired) electrons. The number of hydrogen-bond donors (Lipinski definition) is 1. The Morgan fingerprint density at radius 2 is 2.04 bits per heavy atom. The standard InChI is InChI=1S/C13H20N3O4PS2/c1-4-19-21(22,20-5-2)15-14-10-7-6-8-11-12(10)13(16(17)18)9(3)23-11/h4-8H2,1-3H3,(H,15,22)/b14-10-. The van der Waals surface area contributed by atoms with Crippen molar-refractivity contribution in [3.05, 3.63) is 25.4 Å². The lowest BCUT2D eigenvalue weighted by Crippen LogP contribution is -2.17. The van der Waals surface area contributed by atoms with Gasteiger partial charge in [0.1, 0.15) is 0 Å². The van der Waals surface area contributed by atoms with Gasteiger partial charge in [0, 0.05) is 4.88 Å². The fourth-order valence-corrected chi connectivity index (χ4v) is 5.57. The molecule has 0 fully saturated rings. The van der Waals surface area contributed by atoms with Crippen LogP contribution in [0.25, 0.3) is 0 Å². The summed E-state index contributed by atoms with van der Waals surface area (Å²) >= 11 is 6.85. The van der Waals surface area contributed by atoms with Gasteiger partial charge in [-0.2, -0.15) is 5.10 Å². The van der Waals surface area contributed by atoms with Crippen LogP contribution in [0.3, 0.4) is 0 Å². The Labute approximate surface area is 144 Å². The van der Waals surface area contributed by atoms with E-state index in [1.807, 2.05) is 13.8 Å². The quantitative estimate of drug-likeness (QED) is 0.441. The Morgan fingerprint density at radius 1 is 1.39 bits per heavy atom. The molecule has 0 aromatic carbocycles. The number of thiophene rings is 1. The van der Waals surface area contributed by atoms with Gasteiger partial charge in [0.15, 0.2) is 0 Å². The van der Waals surface area contributed by atoms with Crippen LogP contribution >= 0.6 is 18.0 Å². The lowest BCUT2D eigenvalue weighted by Gasteiger charge is -2.21. The number of hydrazone groups is 1. The van der Waals surface area contributed by atoms with Crippen LogP contribution in [0.1, 0.15) is 42.0 Å². The van der Waals surface area contributed by atoms with Crippen LogP contribution in [0.4, 0.5) is 5.69 Å². The molecule has 128 valence electrons. The van der Waals surface area contributed by atoms with Gasteiger partial charge in [-0.1, -0.05) is 0 Å². The Kier molecular flexibility index (Phi) is 6.27. The summed E-state index contributed by atoms with van der Waals surface area (Å²) in [6.07, 6.45) is 2.43. The minimum absolute atomic E-state index is 0.159. The molecule has 23 heavy (non-hydrogen) atoms. The fourth-order valence-electron chi connectivity index (χ4n) is 2.50. The fraction of sp³-hybridized carbons (Fsp3) is 0.615. The van der Waals surface area contributed by atoms with Crippen LogP contribution in [-0.4, -0.2) is 23.8 Å². The van der Waals surface area contributed by atoms with Crippen molar-refractivity contribution in [3.8, 4) is 0 Å². The topological polar surface area (TPSA) is 86.0 Å². The van der Waals surface area contributed by atoms with Gasteiger partial charge < -0.3 is 9.05 Å². The predicted octanol–water partition coefficient (Wildman–Crippen LogP) is 3.89. The summed E-state index contributed by atoms with van der Waals surface area (Å²) in [5, 5.41) is 18.6. The molecule has 1 aliphatic carbocycles. The third kappa shape index (κ3) is 4.16. The average Bonchev–Trinajstić information content (AvgIpc) is 2.82. The van der Waals surface area contributed by atoms with E-state index in [1.165, 1.54) is 11.3 Å². The number of aryl methyl sites for hydroxylation is 2. The predicted molar refractivity (Wildman–Crippen MR) is 95.9 cm³/mol. The minimum atomic E-state index is -2.70. The van der Waals surface area contributed by atoms with E-state index in [0.29, 0.717) is 35.8 Å². The largest absolute Gasteiger partial charge is 0.313 e. The van der Waals surface area contributed by atoms with Crippen LogP contribution < -0.4 is 5.20 Å². The van der Waals surface area contributed by atoms with Gasteiger partial charge in [0.05, 0.1) is 34.3 Å². The number of hydrogen-bond acceptors (Lipinski definition) is 7. The highest BCUT2D eigenvalue weighted by Gasteiger charge is 2.31. The highest BCUT2D eigenvalue weighted by molar-refractivity contribution is 8.08. The zero-order valence-electron chi connectivity index (χ0n) is 13.3. The number of nitro groups is 1. The molecule has 2 rings (SSSR count). The summed E-state index contributed by atoms with van der Waals surface area (Å²) in [6.45, 7) is 3.57. The normalized spacial score (nSPS) is 16.4. The third-order valence-electron chi connectivity index (χ3n) is 3.32. The van der Waals surface area contributed by atoms with Crippen LogP contribution in [0.2, 0.25) is 0 Å². The summed E-state index contributed by atoms with van der Waals surface area (Å²) in [5.74, 6) is 0. The van der Waals surface area contributed by atoms with Gasteiger partial charge in [-0.15, -0.1) is 11.3 Å². The summed E-state index contributed by atoms with van der Waals surface area (Å²) < 4.78 is 11.0. The highest BCUT2D eigenvalue weighted by Crippen LogP contribution is 2.45. The molecule has 0 aliphatic heterocycles. The first-order valence-corrected chi connectivity index (χ1v) is 10.9. The monoisotopic (exact) mass is 377 g/mol. The maximum atomic E-state index is 11.4. The molecule has 0 bridgehead atoms. The SMILES string of the molecule is CCOP(=S)(N/N=C1/CCCc2sc(C)c([N+](=O)[O-])c21)OCC. The van der Waals surface area contributed by atoms with Crippen molar-refractivity contribution in [1.29, 1.82) is 0 Å². The van der Waals surface area contributed by atoms with Crippen LogP contribution in [0.5, 0.6) is 0 Å². The minimum Gasteiger partial charge on any atom is -0.313 e. The second kappa shape index (κ2) is 7.81. The Morgan fingerprint density at radius 3 is 2.61 bits per heavy atom. The molecule has 10 heteroatoms. The molecule has 7 nitrogen and oxygen atoms in total. The van der Waals surface area contributed by atoms with Crippen molar-refractivity contribution in [3.63, 3.8) is 0 Å². The molecule has 0 saturated carbocycles. The summed E-state index contributed by atoms with van der Waals surface area (Å²) in [5.41, 5.74) is 1.47. The van der Waals surface area contributed by atoms with Gasteiger partial charge in [-0.25, -0.2) is 5.20 Å². The third-order valence-corrected chi connectivity index (χ3v) is 6.89. The van der Waals surface area contributed by atoms with E-state index in [1.54, 1.807) is 6.92 Å². The van der Waals surface area contributed by atoms with E-state index in [-0.39, 0.29) is 10.6 Å². The van der Waals surface area contributed by atoms with Gasteiger partial charge >= 0.3 is 6.64 Å². The van der Waals surface area contributed by atoms with Crippen molar-refractivity contribution >= 4 is 41.2 Å². The van der Waals surface area contributed by atoms with Crippen molar-refractivity contribution in [1.82, 2.24) is 5.20 Å². The lowest BCUT2D eigenvalue weighted by atomic mass is 9.95. The first-order valence-electron chi connectivity index (χ1n) is 7.41. The van der Waals surface area contributed by atoms with E-state index in [0.717, 1.165) is 17.7 Å². The van der Waals surface area contributed by atoms with Crippen LogP contribution in [0.15, 0.2) is 5.10 Å². The van der Waals surface area contributed by atoms with Crippen LogP contribution in [-0.2, 0) is 27.3 Å². The van der Waals surface area contributed by atoms with Gasteiger partial charge in [-0.05, 0) is 51.8 Å². The summed E-state index contributed by atoms with van der Waals surface area (Å²) in [6, 6.07) is 0. The zero-order chi connectivity index (χ0) is 17.0. The highest BCUT2D eigenvalue weighted by atomic mass is 32.5. The maximum absolute atomic E-state index is 11.4. The smallest absolute Gasteiger partial charge is 0.303 e. The first-order chi connectivity index (χ1) is 10.9. The van der Waals surface area contributed by atoms with Crippen molar-refractivity contribution < 1.29 is 14.0 Å². The molecular weight excluding hydrogens is 357 g/mol. The molecule has 1 heterocycles. The maximum Gasteiger partial charge on any atom is 0.303 e. The van der Waals surface area contributed by atoms with E-state index >= 15 is 0 Å². The van der Waals surface area contributed by atoms with Crippen molar-refractivity contribution in [2.45, 2.75) is 40.0 Å². The zero-order valence-corrected chi connectivity index (χ0v) is 15.9. The molecule has 1 aromatic rings. The van der Waals surface area contributed by atoms with Gasteiger partial charge in [0.25, 0.3) is 5.69 Å². The summed E-state index contributed by atoms with van der Waals surface area (Å²) in [7, 11) is 0. The van der Waals surface area contributed by atoms with Gasteiger partial charge in [-0.3, -0.25) is 10.1 Å². The van der Waals surface area contributed by atoms with Crippen LogP contribution in [0, 0.1) is 17.0 Å².